The number of pyridine rings is 1. The average molecular weight is 347 g/mol. The molecular formula is C19H29N3O3. The minimum Gasteiger partial charge on any atom is -0.477 e. The van der Waals surface area contributed by atoms with Crippen LogP contribution in [-0.2, 0) is 4.74 Å². The van der Waals surface area contributed by atoms with E-state index >= 15 is 0 Å². The SMILES string of the molecule is CCOc1ncccc1C(=O)NC[C@H]1CCCN(C2CCOCC2)C1. The van der Waals surface area contributed by atoms with Gasteiger partial charge >= 0.3 is 0 Å². The Hall–Kier alpha value is -1.66. The number of amides is 1. The van der Waals surface area contributed by atoms with Gasteiger partial charge in [-0.3, -0.25) is 9.69 Å². The zero-order chi connectivity index (χ0) is 17.5. The van der Waals surface area contributed by atoms with Gasteiger partial charge in [0.1, 0.15) is 5.56 Å². The van der Waals surface area contributed by atoms with Gasteiger partial charge < -0.3 is 14.8 Å². The molecule has 2 saturated heterocycles. The van der Waals surface area contributed by atoms with Gasteiger partial charge in [0, 0.05) is 38.5 Å². The van der Waals surface area contributed by atoms with E-state index in [1.807, 2.05) is 6.92 Å². The van der Waals surface area contributed by atoms with Crippen molar-refractivity contribution in [1.82, 2.24) is 15.2 Å². The number of hydrogen-bond acceptors (Lipinski definition) is 5. The summed E-state index contributed by atoms with van der Waals surface area (Å²) < 4.78 is 10.9. The summed E-state index contributed by atoms with van der Waals surface area (Å²) >= 11 is 0. The normalized spacial score (nSPS) is 22.5. The Morgan fingerprint density at radius 3 is 3.04 bits per heavy atom. The standard InChI is InChI=1S/C19H29N3O3/c1-2-25-19-17(6-3-9-20-19)18(23)21-13-15-5-4-10-22(14-15)16-7-11-24-12-8-16/h3,6,9,15-16H,2,4-5,7-8,10-14H2,1H3,(H,21,23)/t15-/m1/s1. The first-order valence-corrected chi connectivity index (χ1v) is 9.45. The van der Waals surface area contributed by atoms with Crippen LogP contribution in [0.2, 0.25) is 0 Å². The number of nitrogens with zero attached hydrogens (tertiary/aromatic N) is 2. The number of nitrogens with one attached hydrogen (secondary N) is 1. The van der Waals surface area contributed by atoms with E-state index in [-0.39, 0.29) is 5.91 Å². The molecule has 1 amide bonds. The zero-order valence-corrected chi connectivity index (χ0v) is 15.1. The van der Waals surface area contributed by atoms with Gasteiger partial charge in [-0.1, -0.05) is 0 Å². The van der Waals surface area contributed by atoms with E-state index in [1.54, 1.807) is 18.3 Å². The van der Waals surface area contributed by atoms with E-state index in [9.17, 15) is 4.79 Å². The molecule has 0 unspecified atom stereocenters. The Kier molecular flexibility index (Phi) is 6.64. The van der Waals surface area contributed by atoms with Crippen LogP contribution in [-0.4, -0.2) is 61.3 Å². The van der Waals surface area contributed by atoms with Crippen molar-refractivity contribution in [3.05, 3.63) is 23.9 Å². The van der Waals surface area contributed by atoms with Crippen LogP contribution < -0.4 is 10.1 Å². The fourth-order valence-electron chi connectivity index (χ4n) is 3.79. The van der Waals surface area contributed by atoms with Crippen LogP contribution in [0.3, 0.4) is 0 Å². The molecule has 6 nitrogen and oxygen atoms in total. The average Bonchev–Trinajstić information content (AvgIpc) is 2.68. The Bertz CT molecular complexity index is 561. The van der Waals surface area contributed by atoms with Gasteiger partial charge in [0.2, 0.25) is 5.88 Å². The summed E-state index contributed by atoms with van der Waals surface area (Å²) in [4.78, 5) is 19.3. The highest BCUT2D eigenvalue weighted by molar-refractivity contribution is 5.96. The molecule has 0 radical (unpaired) electrons. The molecule has 138 valence electrons. The second-order valence-electron chi connectivity index (χ2n) is 6.85. The number of ether oxygens (including phenoxy) is 2. The largest absolute Gasteiger partial charge is 0.477 e. The molecule has 0 bridgehead atoms. The number of carbonyl (C=O) groups is 1. The first-order valence-electron chi connectivity index (χ1n) is 9.45. The number of aromatic nitrogens is 1. The van der Waals surface area contributed by atoms with Gasteiger partial charge in [-0.25, -0.2) is 4.98 Å². The van der Waals surface area contributed by atoms with E-state index < -0.39 is 0 Å². The first-order chi connectivity index (χ1) is 12.3. The summed E-state index contributed by atoms with van der Waals surface area (Å²) in [7, 11) is 0. The topological polar surface area (TPSA) is 63.7 Å². The van der Waals surface area contributed by atoms with E-state index in [4.69, 9.17) is 9.47 Å². The molecule has 0 spiro atoms. The van der Waals surface area contributed by atoms with Crippen LogP contribution in [0, 0.1) is 5.92 Å². The maximum absolute atomic E-state index is 12.5. The van der Waals surface area contributed by atoms with Crippen molar-refractivity contribution < 1.29 is 14.3 Å². The maximum Gasteiger partial charge on any atom is 0.256 e. The van der Waals surface area contributed by atoms with Crippen molar-refractivity contribution in [2.24, 2.45) is 5.92 Å². The third kappa shape index (κ3) is 4.92. The second-order valence-corrected chi connectivity index (χ2v) is 6.85. The van der Waals surface area contributed by atoms with Gasteiger partial charge in [-0.15, -0.1) is 0 Å². The minimum absolute atomic E-state index is 0.0975. The summed E-state index contributed by atoms with van der Waals surface area (Å²) in [5, 5.41) is 3.08. The lowest BCUT2D eigenvalue weighted by Gasteiger charge is -2.40. The van der Waals surface area contributed by atoms with E-state index in [0.29, 0.717) is 36.6 Å². The predicted octanol–water partition coefficient (Wildman–Crippen LogP) is 2.10. The number of hydrogen-bond donors (Lipinski definition) is 1. The van der Waals surface area contributed by atoms with Crippen molar-refractivity contribution in [1.29, 1.82) is 0 Å². The van der Waals surface area contributed by atoms with Gasteiger partial charge in [-0.05, 0) is 57.2 Å². The first kappa shape index (κ1) is 18.1. The lowest BCUT2D eigenvalue weighted by molar-refractivity contribution is 0.0179. The number of rotatable bonds is 6. The molecule has 1 aromatic rings. The van der Waals surface area contributed by atoms with Gasteiger partial charge in [0.15, 0.2) is 0 Å². The van der Waals surface area contributed by atoms with Gasteiger partial charge in [-0.2, -0.15) is 0 Å². The smallest absolute Gasteiger partial charge is 0.256 e. The van der Waals surface area contributed by atoms with E-state index in [2.05, 4.69) is 15.2 Å². The van der Waals surface area contributed by atoms with Crippen molar-refractivity contribution in [2.45, 2.75) is 38.6 Å². The van der Waals surface area contributed by atoms with Gasteiger partial charge in [0.05, 0.1) is 6.61 Å². The molecule has 6 heteroatoms. The van der Waals surface area contributed by atoms with Crippen molar-refractivity contribution in [2.75, 3.05) is 39.5 Å². The highest BCUT2D eigenvalue weighted by atomic mass is 16.5. The summed E-state index contributed by atoms with van der Waals surface area (Å²) in [6, 6.07) is 4.18. The van der Waals surface area contributed by atoms with Gasteiger partial charge in [0.25, 0.3) is 5.91 Å². The fraction of sp³-hybridized carbons (Fsp3) is 0.684. The molecule has 1 atom stereocenters. The molecule has 25 heavy (non-hydrogen) atoms. The molecular weight excluding hydrogens is 318 g/mol. The van der Waals surface area contributed by atoms with Crippen LogP contribution in [0.25, 0.3) is 0 Å². The number of likely N-dealkylation sites (tertiary alicyclic amines) is 1. The Morgan fingerprint density at radius 2 is 2.24 bits per heavy atom. The molecule has 2 aliphatic rings. The predicted molar refractivity (Wildman–Crippen MR) is 95.9 cm³/mol. The summed E-state index contributed by atoms with van der Waals surface area (Å²) in [5.74, 6) is 0.822. The summed E-state index contributed by atoms with van der Waals surface area (Å²) in [6.07, 6.45) is 6.29. The molecule has 0 aromatic carbocycles. The molecule has 0 saturated carbocycles. The molecule has 2 aliphatic heterocycles. The molecule has 1 aromatic heterocycles. The lowest BCUT2D eigenvalue weighted by atomic mass is 9.94. The van der Waals surface area contributed by atoms with E-state index in [0.717, 1.165) is 32.6 Å². The van der Waals surface area contributed by atoms with E-state index in [1.165, 1.54) is 19.4 Å². The third-order valence-corrected chi connectivity index (χ3v) is 5.11. The summed E-state index contributed by atoms with van der Waals surface area (Å²) in [6.45, 7) is 7.10. The van der Waals surface area contributed by atoms with Crippen LogP contribution in [0.1, 0.15) is 43.0 Å². The number of piperidine rings is 1. The molecule has 0 aliphatic carbocycles. The Balaban J connectivity index is 1.51. The van der Waals surface area contributed by atoms with Crippen molar-refractivity contribution in [3.63, 3.8) is 0 Å². The highest BCUT2D eigenvalue weighted by Gasteiger charge is 2.27. The van der Waals surface area contributed by atoms with Crippen molar-refractivity contribution >= 4 is 5.91 Å². The fourth-order valence-corrected chi connectivity index (χ4v) is 3.79. The van der Waals surface area contributed by atoms with Crippen LogP contribution in [0.5, 0.6) is 5.88 Å². The second kappa shape index (κ2) is 9.15. The summed E-state index contributed by atoms with van der Waals surface area (Å²) in [5.41, 5.74) is 0.515. The molecule has 2 fully saturated rings. The lowest BCUT2D eigenvalue weighted by Crippen LogP contribution is -2.47. The highest BCUT2D eigenvalue weighted by Crippen LogP contribution is 2.23. The minimum atomic E-state index is -0.0975. The molecule has 1 N–H and O–H groups in total. The quantitative estimate of drug-likeness (QED) is 0.854. The van der Waals surface area contributed by atoms with Crippen LogP contribution in [0.15, 0.2) is 18.3 Å². The Morgan fingerprint density at radius 1 is 1.40 bits per heavy atom. The Labute approximate surface area is 149 Å². The van der Waals surface area contributed by atoms with Crippen LogP contribution >= 0.6 is 0 Å². The van der Waals surface area contributed by atoms with Crippen molar-refractivity contribution in [3.8, 4) is 5.88 Å². The maximum atomic E-state index is 12.5. The molecule has 3 rings (SSSR count). The number of carbonyl (C=O) groups excluding carboxylic acids is 1. The molecule has 3 heterocycles. The monoisotopic (exact) mass is 347 g/mol. The van der Waals surface area contributed by atoms with Crippen LogP contribution in [0.4, 0.5) is 0 Å². The third-order valence-electron chi connectivity index (χ3n) is 5.11. The zero-order valence-electron chi connectivity index (χ0n) is 15.1.